The zero-order chi connectivity index (χ0) is 23.9. The molecule has 0 bridgehead atoms. The van der Waals surface area contributed by atoms with Gasteiger partial charge < -0.3 is 10.2 Å². The van der Waals surface area contributed by atoms with Crippen LogP contribution in [0.15, 0.2) is 88.7 Å². The number of nitrogens with zero attached hydrogens (tertiary/aromatic N) is 2. The van der Waals surface area contributed by atoms with Gasteiger partial charge in [-0.1, -0.05) is 65.8 Å². The molecule has 0 saturated carbocycles. The molecule has 1 N–H and O–H groups in total. The number of halogens is 1. The summed E-state index contributed by atoms with van der Waals surface area (Å²) in [5.41, 5.74) is 2.70. The molecule has 174 valence electrons. The number of nitrogens with one attached hydrogen (secondary N) is 1. The number of fused-ring (bicyclic) bond motifs is 1. The van der Waals surface area contributed by atoms with E-state index in [1.54, 1.807) is 11.0 Å². The molecule has 1 aliphatic rings. The first-order valence-corrected chi connectivity index (χ1v) is 12.4. The van der Waals surface area contributed by atoms with E-state index in [2.05, 4.69) is 29.3 Å². The summed E-state index contributed by atoms with van der Waals surface area (Å²) < 4.78 is 0. The van der Waals surface area contributed by atoms with Crippen LogP contribution in [0.4, 0.5) is 11.4 Å². The zero-order valence-electron chi connectivity index (χ0n) is 18.9. The molecule has 0 spiro atoms. The Hall–Kier alpha value is -3.22. The summed E-state index contributed by atoms with van der Waals surface area (Å²) in [6, 6.07) is 25.1. The standard InChI is InChI=1S/C27H26ClN3O2S/c1-2-30(22-11-4-3-5-12-22)16-15-29-26(32)19-31-23-13-6-7-14-24(23)34-25(27(31)33)18-20-9-8-10-21(28)17-20/h3-14,17-18H,2,15-16,19H2,1H3,(H,29,32). The summed E-state index contributed by atoms with van der Waals surface area (Å²) >= 11 is 7.52. The molecule has 0 atom stereocenters. The van der Waals surface area contributed by atoms with Gasteiger partial charge in [0.25, 0.3) is 5.91 Å². The second kappa shape index (κ2) is 11.3. The molecule has 2 amide bonds. The van der Waals surface area contributed by atoms with Crippen LogP contribution in [0.1, 0.15) is 12.5 Å². The van der Waals surface area contributed by atoms with Gasteiger partial charge in [0.15, 0.2) is 0 Å². The number of amides is 2. The number of rotatable bonds is 8. The van der Waals surface area contributed by atoms with Gasteiger partial charge in [-0.15, -0.1) is 0 Å². The van der Waals surface area contributed by atoms with Crippen molar-refractivity contribution in [3.8, 4) is 0 Å². The van der Waals surface area contributed by atoms with Gasteiger partial charge in [0.2, 0.25) is 5.91 Å². The van der Waals surface area contributed by atoms with Crippen molar-refractivity contribution in [2.75, 3.05) is 36.0 Å². The smallest absolute Gasteiger partial charge is 0.265 e. The highest BCUT2D eigenvalue weighted by atomic mass is 35.5. The van der Waals surface area contributed by atoms with E-state index in [9.17, 15) is 9.59 Å². The number of hydrogen-bond donors (Lipinski definition) is 1. The third kappa shape index (κ3) is 5.82. The first kappa shape index (κ1) is 23.9. The van der Waals surface area contributed by atoms with Crippen LogP contribution >= 0.6 is 23.4 Å². The Balaban J connectivity index is 1.45. The van der Waals surface area contributed by atoms with Crippen LogP contribution in [-0.2, 0) is 9.59 Å². The lowest BCUT2D eigenvalue weighted by Gasteiger charge is -2.30. The number of carbonyl (C=O) groups is 2. The van der Waals surface area contributed by atoms with Crippen molar-refractivity contribution in [3.05, 3.63) is 94.4 Å². The molecule has 34 heavy (non-hydrogen) atoms. The number of carbonyl (C=O) groups excluding carboxylic acids is 2. The van der Waals surface area contributed by atoms with E-state index in [4.69, 9.17) is 11.6 Å². The van der Waals surface area contributed by atoms with Gasteiger partial charge in [-0.2, -0.15) is 0 Å². The minimum Gasteiger partial charge on any atom is -0.370 e. The molecule has 4 rings (SSSR count). The lowest BCUT2D eigenvalue weighted by atomic mass is 10.2. The van der Waals surface area contributed by atoms with Gasteiger partial charge in [0.1, 0.15) is 6.54 Å². The van der Waals surface area contributed by atoms with Gasteiger partial charge in [-0.25, -0.2) is 0 Å². The first-order chi connectivity index (χ1) is 16.5. The summed E-state index contributed by atoms with van der Waals surface area (Å²) in [4.78, 5) is 31.4. The minimum absolute atomic E-state index is 0.0409. The Morgan fingerprint density at radius 3 is 2.59 bits per heavy atom. The molecule has 5 nitrogen and oxygen atoms in total. The maximum Gasteiger partial charge on any atom is 0.265 e. The van der Waals surface area contributed by atoms with Gasteiger partial charge in [0.05, 0.1) is 10.6 Å². The maximum absolute atomic E-state index is 13.3. The molecule has 0 aromatic heterocycles. The number of para-hydroxylation sites is 2. The maximum atomic E-state index is 13.3. The quantitative estimate of drug-likeness (QED) is 0.425. The third-order valence-corrected chi connectivity index (χ3v) is 6.80. The van der Waals surface area contributed by atoms with Crippen LogP contribution in [0, 0.1) is 0 Å². The summed E-state index contributed by atoms with van der Waals surface area (Å²) in [7, 11) is 0. The van der Waals surface area contributed by atoms with E-state index in [0.29, 0.717) is 23.0 Å². The van der Waals surface area contributed by atoms with Crippen molar-refractivity contribution in [2.24, 2.45) is 0 Å². The van der Waals surface area contributed by atoms with Crippen LogP contribution in [0.3, 0.4) is 0 Å². The SMILES string of the molecule is CCN(CCNC(=O)CN1C(=O)C(=Cc2cccc(Cl)c2)Sc2ccccc21)c1ccccc1. The summed E-state index contributed by atoms with van der Waals surface area (Å²) in [5, 5.41) is 3.58. The molecule has 3 aromatic rings. The average molecular weight is 492 g/mol. The van der Waals surface area contributed by atoms with Gasteiger partial charge in [-0.3, -0.25) is 14.5 Å². The summed E-state index contributed by atoms with van der Waals surface area (Å²) in [6.45, 7) is 4.06. The molecule has 1 heterocycles. The van der Waals surface area contributed by atoms with Crippen LogP contribution in [0.25, 0.3) is 6.08 Å². The fraction of sp³-hybridized carbons (Fsp3) is 0.185. The van der Waals surface area contributed by atoms with E-state index >= 15 is 0 Å². The Labute approximate surface area is 209 Å². The van der Waals surface area contributed by atoms with Crippen molar-refractivity contribution in [2.45, 2.75) is 11.8 Å². The molecule has 0 fully saturated rings. The largest absolute Gasteiger partial charge is 0.370 e. The molecule has 0 unspecified atom stereocenters. The Kier molecular flexibility index (Phi) is 7.93. The molecule has 0 radical (unpaired) electrons. The second-order valence-electron chi connectivity index (χ2n) is 7.79. The summed E-state index contributed by atoms with van der Waals surface area (Å²) in [5.74, 6) is -0.389. The highest BCUT2D eigenvalue weighted by Crippen LogP contribution is 2.42. The van der Waals surface area contributed by atoms with Crippen molar-refractivity contribution < 1.29 is 9.59 Å². The van der Waals surface area contributed by atoms with Crippen molar-refractivity contribution in [1.82, 2.24) is 5.32 Å². The van der Waals surface area contributed by atoms with E-state index in [-0.39, 0.29) is 18.4 Å². The van der Waals surface area contributed by atoms with Crippen LogP contribution in [0.2, 0.25) is 5.02 Å². The zero-order valence-corrected chi connectivity index (χ0v) is 20.5. The van der Waals surface area contributed by atoms with E-state index in [1.165, 1.54) is 11.8 Å². The van der Waals surface area contributed by atoms with Gasteiger partial charge >= 0.3 is 0 Å². The minimum atomic E-state index is -0.196. The molecular formula is C27H26ClN3O2S. The van der Waals surface area contributed by atoms with E-state index < -0.39 is 0 Å². The highest BCUT2D eigenvalue weighted by Gasteiger charge is 2.30. The fourth-order valence-electron chi connectivity index (χ4n) is 3.81. The number of hydrogen-bond acceptors (Lipinski definition) is 4. The lowest BCUT2D eigenvalue weighted by molar-refractivity contribution is -0.122. The number of benzene rings is 3. The predicted molar refractivity (Wildman–Crippen MR) is 141 cm³/mol. The van der Waals surface area contributed by atoms with Crippen molar-refractivity contribution >= 4 is 52.6 Å². The van der Waals surface area contributed by atoms with Crippen LogP contribution in [-0.4, -0.2) is 38.0 Å². The third-order valence-electron chi connectivity index (χ3n) is 5.49. The van der Waals surface area contributed by atoms with Crippen LogP contribution in [0.5, 0.6) is 0 Å². The molecule has 1 aliphatic heterocycles. The van der Waals surface area contributed by atoms with E-state index in [0.717, 1.165) is 28.4 Å². The van der Waals surface area contributed by atoms with Crippen molar-refractivity contribution in [1.29, 1.82) is 0 Å². The molecule has 0 aliphatic carbocycles. The molecule has 7 heteroatoms. The first-order valence-electron chi connectivity index (χ1n) is 11.2. The Bertz CT molecular complexity index is 1200. The normalized spacial score (nSPS) is 14.1. The lowest BCUT2D eigenvalue weighted by Crippen LogP contribution is -2.44. The number of likely N-dealkylation sites (N-methyl/N-ethyl adjacent to an activating group) is 1. The fourth-order valence-corrected chi connectivity index (χ4v) is 5.06. The number of anilines is 2. The number of thioether (sulfide) groups is 1. The molecular weight excluding hydrogens is 466 g/mol. The van der Waals surface area contributed by atoms with Gasteiger partial charge in [0, 0.05) is 35.2 Å². The summed E-state index contributed by atoms with van der Waals surface area (Å²) in [6.07, 6.45) is 1.82. The van der Waals surface area contributed by atoms with Crippen molar-refractivity contribution in [3.63, 3.8) is 0 Å². The van der Waals surface area contributed by atoms with E-state index in [1.807, 2.05) is 66.7 Å². The highest BCUT2D eigenvalue weighted by molar-refractivity contribution is 8.04. The molecule has 0 saturated heterocycles. The average Bonchev–Trinajstić information content (AvgIpc) is 2.85. The second-order valence-corrected chi connectivity index (χ2v) is 9.31. The monoisotopic (exact) mass is 491 g/mol. The Morgan fingerprint density at radius 2 is 1.82 bits per heavy atom. The van der Waals surface area contributed by atoms with Crippen LogP contribution < -0.4 is 15.1 Å². The predicted octanol–water partition coefficient (Wildman–Crippen LogP) is 5.46. The Morgan fingerprint density at radius 1 is 1.06 bits per heavy atom. The topological polar surface area (TPSA) is 52.7 Å². The van der Waals surface area contributed by atoms with Gasteiger partial charge in [-0.05, 0) is 55.0 Å². The molecule has 3 aromatic carbocycles.